The van der Waals surface area contributed by atoms with Crippen LogP contribution >= 0.6 is 0 Å². The predicted octanol–water partition coefficient (Wildman–Crippen LogP) is 4.55. The molecule has 2 aromatic rings. The highest BCUT2D eigenvalue weighted by Crippen LogP contribution is 2.40. The van der Waals surface area contributed by atoms with Crippen LogP contribution in [0, 0.1) is 18.3 Å². The Morgan fingerprint density at radius 3 is 2.25 bits per heavy atom. The molecule has 2 heteroatoms. The van der Waals surface area contributed by atoms with Crippen molar-refractivity contribution in [3.63, 3.8) is 0 Å². The maximum absolute atomic E-state index is 9.37. The van der Waals surface area contributed by atoms with E-state index in [0.717, 1.165) is 17.2 Å². The summed E-state index contributed by atoms with van der Waals surface area (Å²) in [5, 5.41) is 12.6. The minimum Gasteiger partial charge on any atom is -0.366 e. The molecular weight excluding hydrogens is 244 g/mol. The molecule has 20 heavy (non-hydrogen) atoms. The molecule has 0 amide bonds. The summed E-state index contributed by atoms with van der Waals surface area (Å²) in [6.45, 7) is 2.06. The lowest BCUT2D eigenvalue weighted by molar-refractivity contribution is 0.991. The summed E-state index contributed by atoms with van der Waals surface area (Å²) in [6.07, 6.45) is 2.62. The minimum absolute atomic E-state index is 0.300. The Morgan fingerprint density at radius 2 is 1.70 bits per heavy atom. The van der Waals surface area contributed by atoms with Gasteiger partial charge in [-0.25, -0.2) is 0 Å². The summed E-state index contributed by atoms with van der Waals surface area (Å²) < 4.78 is 0. The van der Waals surface area contributed by atoms with Crippen molar-refractivity contribution in [1.82, 2.24) is 0 Å². The molecule has 1 aliphatic rings. The van der Waals surface area contributed by atoms with Crippen LogP contribution < -0.4 is 5.32 Å². The van der Waals surface area contributed by atoms with Gasteiger partial charge in [0.1, 0.15) is 6.04 Å². The van der Waals surface area contributed by atoms with Crippen LogP contribution in [0.4, 0.5) is 5.69 Å². The topological polar surface area (TPSA) is 35.8 Å². The average molecular weight is 262 g/mol. The molecule has 2 nitrogen and oxygen atoms in total. The van der Waals surface area contributed by atoms with Crippen molar-refractivity contribution >= 4 is 5.69 Å². The fourth-order valence-corrected chi connectivity index (χ4v) is 2.38. The van der Waals surface area contributed by atoms with Crippen LogP contribution in [0.5, 0.6) is 0 Å². The Hall–Kier alpha value is -2.27. The van der Waals surface area contributed by atoms with E-state index in [9.17, 15) is 5.26 Å². The van der Waals surface area contributed by atoms with Gasteiger partial charge >= 0.3 is 0 Å². The van der Waals surface area contributed by atoms with E-state index < -0.39 is 0 Å². The summed E-state index contributed by atoms with van der Waals surface area (Å²) in [5.74, 6) is 0.759. The maximum Gasteiger partial charge on any atom is 0.140 e. The highest BCUT2D eigenvalue weighted by Gasteiger charge is 2.23. The van der Waals surface area contributed by atoms with Gasteiger partial charge < -0.3 is 5.32 Å². The van der Waals surface area contributed by atoms with Crippen LogP contribution in [0.3, 0.4) is 0 Å². The molecule has 0 spiro atoms. The van der Waals surface area contributed by atoms with Gasteiger partial charge in [0, 0.05) is 5.69 Å². The van der Waals surface area contributed by atoms with Crippen LogP contribution in [0.1, 0.15) is 41.5 Å². The van der Waals surface area contributed by atoms with Gasteiger partial charge in [-0.1, -0.05) is 42.0 Å². The van der Waals surface area contributed by atoms with Crippen molar-refractivity contribution in [3.05, 3.63) is 65.2 Å². The lowest BCUT2D eigenvalue weighted by Gasteiger charge is -2.14. The number of anilines is 1. The molecule has 0 saturated heterocycles. The van der Waals surface area contributed by atoms with Crippen LogP contribution in [0.15, 0.2) is 48.5 Å². The molecule has 0 aromatic heterocycles. The molecule has 1 saturated carbocycles. The van der Waals surface area contributed by atoms with Crippen molar-refractivity contribution in [2.24, 2.45) is 0 Å². The Labute approximate surface area is 120 Å². The molecule has 1 N–H and O–H groups in total. The first-order valence-corrected chi connectivity index (χ1v) is 7.09. The zero-order chi connectivity index (χ0) is 13.9. The van der Waals surface area contributed by atoms with Gasteiger partial charge in [-0.05, 0) is 48.9 Å². The molecule has 1 atom stereocenters. The van der Waals surface area contributed by atoms with Gasteiger partial charge in [-0.2, -0.15) is 5.26 Å². The van der Waals surface area contributed by atoms with Gasteiger partial charge in [-0.15, -0.1) is 0 Å². The van der Waals surface area contributed by atoms with E-state index >= 15 is 0 Å². The third-order valence-corrected chi connectivity index (χ3v) is 3.81. The van der Waals surface area contributed by atoms with Crippen molar-refractivity contribution < 1.29 is 0 Å². The second-order valence-corrected chi connectivity index (χ2v) is 5.51. The second-order valence-electron chi connectivity index (χ2n) is 5.51. The summed E-state index contributed by atoms with van der Waals surface area (Å²) in [5.41, 5.74) is 4.63. The molecule has 100 valence electrons. The predicted molar refractivity (Wildman–Crippen MR) is 81.6 cm³/mol. The van der Waals surface area contributed by atoms with Crippen molar-refractivity contribution in [2.45, 2.75) is 31.7 Å². The molecule has 0 aliphatic heterocycles. The molecule has 3 rings (SSSR count). The highest BCUT2D eigenvalue weighted by atomic mass is 14.9. The Morgan fingerprint density at radius 1 is 1.05 bits per heavy atom. The minimum atomic E-state index is -0.300. The second kappa shape index (κ2) is 5.38. The van der Waals surface area contributed by atoms with E-state index in [1.54, 1.807) is 0 Å². The van der Waals surface area contributed by atoms with Crippen LogP contribution in [0.2, 0.25) is 0 Å². The third-order valence-electron chi connectivity index (χ3n) is 3.81. The number of hydrogen-bond donors (Lipinski definition) is 1. The molecule has 2 aromatic carbocycles. The number of hydrogen-bond acceptors (Lipinski definition) is 2. The third kappa shape index (κ3) is 2.83. The fourth-order valence-electron chi connectivity index (χ4n) is 2.38. The standard InChI is InChI=1S/C18H18N2/c1-13-2-10-17(11-3-13)20-18(12-19)16-8-6-15(7-9-16)14-4-5-14/h2-3,6-11,14,18,20H,4-5H2,1H3. The number of nitrogens with one attached hydrogen (secondary N) is 1. The van der Waals surface area contributed by atoms with Crippen LogP contribution in [-0.2, 0) is 0 Å². The zero-order valence-corrected chi connectivity index (χ0v) is 11.6. The summed E-state index contributed by atoms with van der Waals surface area (Å²) in [6, 6.07) is 18.6. The first-order valence-electron chi connectivity index (χ1n) is 7.09. The Kier molecular flexibility index (Phi) is 3.43. The van der Waals surface area contributed by atoms with E-state index in [1.165, 1.54) is 24.0 Å². The number of benzene rings is 2. The largest absolute Gasteiger partial charge is 0.366 e. The highest BCUT2D eigenvalue weighted by molar-refractivity contribution is 5.48. The fraction of sp³-hybridized carbons (Fsp3) is 0.278. The molecule has 0 heterocycles. The summed E-state index contributed by atoms with van der Waals surface area (Å²) >= 11 is 0. The quantitative estimate of drug-likeness (QED) is 0.877. The SMILES string of the molecule is Cc1ccc(NC(C#N)c2ccc(C3CC3)cc2)cc1. The first kappa shape index (κ1) is 12.7. The summed E-state index contributed by atoms with van der Waals surface area (Å²) in [4.78, 5) is 0. The van der Waals surface area contributed by atoms with Crippen molar-refractivity contribution in [3.8, 4) is 6.07 Å². The van der Waals surface area contributed by atoms with Crippen LogP contribution in [0.25, 0.3) is 0 Å². The Balaban J connectivity index is 1.75. The van der Waals surface area contributed by atoms with E-state index in [-0.39, 0.29) is 6.04 Å². The lowest BCUT2D eigenvalue weighted by Crippen LogP contribution is -2.08. The maximum atomic E-state index is 9.37. The van der Waals surface area contributed by atoms with E-state index in [4.69, 9.17) is 0 Å². The van der Waals surface area contributed by atoms with E-state index in [2.05, 4.69) is 42.6 Å². The number of aryl methyl sites for hydroxylation is 1. The molecule has 1 unspecified atom stereocenters. The molecule has 0 bridgehead atoms. The molecular formula is C18H18N2. The van der Waals surface area contributed by atoms with Gasteiger partial charge in [0.05, 0.1) is 6.07 Å². The molecule has 1 fully saturated rings. The molecule has 1 aliphatic carbocycles. The average Bonchev–Trinajstić information content (AvgIpc) is 3.32. The smallest absolute Gasteiger partial charge is 0.140 e. The number of nitrogens with zero attached hydrogens (tertiary/aromatic N) is 1. The first-order chi connectivity index (χ1) is 9.76. The monoisotopic (exact) mass is 262 g/mol. The number of nitriles is 1. The number of rotatable bonds is 4. The summed E-state index contributed by atoms with van der Waals surface area (Å²) in [7, 11) is 0. The van der Waals surface area contributed by atoms with E-state index in [0.29, 0.717) is 0 Å². The van der Waals surface area contributed by atoms with Gasteiger partial charge in [0.25, 0.3) is 0 Å². The Bertz CT molecular complexity index is 616. The van der Waals surface area contributed by atoms with Gasteiger partial charge in [0.2, 0.25) is 0 Å². The lowest BCUT2D eigenvalue weighted by atomic mass is 10.0. The molecule has 0 radical (unpaired) electrons. The van der Waals surface area contributed by atoms with E-state index in [1.807, 2.05) is 24.3 Å². The van der Waals surface area contributed by atoms with Gasteiger partial charge in [-0.3, -0.25) is 0 Å². The van der Waals surface area contributed by atoms with Crippen LogP contribution in [-0.4, -0.2) is 0 Å². The van der Waals surface area contributed by atoms with Gasteiger partial charge in [0.15, 0.2) is 0 Å². The van der Waals surface area contributed by atoms with Crippen molar-refractivity contribution in [2.75, 3.05) is 5.32 Å². The zero-order valence-electron chi connectivity index (χ0n) is 11.6. The van der Waals surface area contributed by atoms with Crippen molar-refractivity contribution in [1.29, 1.82) is 5.26 Å². The normalized spacial score (nSPS) is 15.4.